The van der Waals surface area contributed by atoms with Crippen LogP contribution in [-0.2, 0) is 22.2 Å². The molecule has 0 aliphatic carbocycles. The summed E-state index contributed by atoms with van der Waals surface area (Å²) in [5.41, 5.74) is 0.860. The second-order valence-corrected chi connectivity index (χ2v) is 8.76. The summed E-state index contributed by atoms with van der Waals surface area (Å²) >= 11 is 5.95. The van der Waals surface area contributed by atoms with Gasteiger partial charge in [0.2, 0.25) is 10.9 Å². The number of methoxy groups -OCH3 is 1. The van der Waals surface area contributed by atoms with Crippen molar-refractivity contribution in [2.75, 3.05) is 26.7 Å². The summed E-state index contributed by atoms with van der Waals surface area (Å²) in [7, 11) is -1.84. The predicted molar refractivity (Wildman–Crippen MR) is 113 cm³/mol. The lowest BCUT2D eigenvalue weighted by molar-refractivity contribution is 0.0600. The van der Waals surface area contributed by atoms with Crippen molar-refractivity contribution in [1.82, 2.24) is 9.21 Å². The standard InChI is InChI=1S/C21H23ClF2N2O4S/c1-30-21(27)15-4-5-16(19(24)11-15)12-26(31(28)29)13-20(25-8-2-3-9-25)14-6-7-18(23)17(22)10-14/h4-7,10-11,20,31H,2-3,8-9,12-13H2,1H3. The lowest BCUT2D eigenvalue weighted by atomic mass is 10.0. The normalized spacial score (nSPS) is 15.5. The van der Waals surface area contributed by atoms with Crippen molar-refractivity contribution in [1.29, 1.82) is 0 Å². The first-order valence-electron chi connectivity index (χ1n) is 9.75. The predicted octanol–water partition coefficient (Wildman–Crippen LogP) is 3.57. The molecule has 6 nitrogen and oxygen atoms in total. The summed E-state index contributed by atoms with van der Waals surface area (Å²) in [5, 5.41) is -0.0378. The van der Waals surface area contributed by atoms with E-state index in [2.05, 4.69) is 9.64 Å². The number of benzene rings is 2. The molecule has 0 radical (unpaired) electrons. The van der Waals surface area contributed by atoms with Gasteiger partial charge in [0.05, 0.1) is 17.7 Å². The van der Waals surface area contributed by atoms with E-state index in [0.717, 1.165) is 36.3 Å². The molecule has 1 heterocycles. The molecule has 1 atom stereocenters. The molecule has 2 aromatic carbocycles. The van der Waals surface area contributed by atoms with Crippen molar-refractivity contribution < 1.29 is 26.7 Å². The van der Waals surface area contributed by atoms with Gasteiger partial charge in [0.1, 0.15) is 11.6 Å². The van der Waals surface area contributed by atoms with Gasteiger partial charge in [-0.1, -0.05) is 23.7 Å². The Morgan fingerprint density at radius 1 is 1.16 bits per heavy atom. The molecule has 1 aliphatic rings. The van der Waals surface area contributed by atoms with E-state index >= 15 is 0 Å². The van der Waals surface area contributed by atoms with Crippen LogP contribution in [0.5, 0.6) is 0 Å². The van der Waals surface area contributed by atoms with Crippen LogP contribution >= 0.6 is 11.6 Å². The summed E-state index contributed by atoms with van der Waals surface area (Å²) in [5.74, 6) is -1.93. The van der Waals surface area contributed by atoms with Gasteiger partial charge in [-0.05, 0) is 55.8 Å². The second-order valence-electron chi connectivity index (χ2n) is 7.32. The molecule has 1 unspecified atom stereocenters. The molecule has 0 bridgehead atoms. The summed E-state index contributed by atoms with van der Waals surface area (Å²) < 4.78 is 57.9. The largest absolute Gasteiger partial charge is 0.465 e. The molecule has 31 heavy (non-hydrogen) atoms. The first-order chi connectivity index (χ1) is 14.8. The van der Waals surface area contributed by atoms with E-state index in [0.29, 0.717) is 5.56 Å². The van der Waals surface area contributed by atoms with E-state index < -0.39 is 28.5 Å². The quantitative estimate of drug-likeness (QED) is 0.470. The van der Waals surface area contributed by atoms with Gasteiger partial charge in [-0.15, -0.1) is 0 Å². The zero-order valence-electron chi connectivity index (χ0n) is 16.9. The number of carbonyl (C=O) groups excluding carboxylic acids is 1. The Bertz CT molecular complexity index is 1020. The number of likely N-dealkylation sites (tertiary alicyclic amines) is 1. The zero-order chi connectivity index (χ0) is 22.5. The van der Waals surface area contributed by atoms with Crippen LogP contribution in [0.15, 0.2) is 36.4 Å². The first-order valence-corrected chi connectivity index (χ1v) is 11.3. The molecule has 10 heteroatoms. The average Bonchev–Trinajstić information content (AvgIpc) is 3.28. The van der Waals surface area contributed by atoms with Crippen molar-refractivity contribution in [2.45, 2.75) is 25.4 Å². The van der Waals surface area contributed by atoms with Crippen molar-refractivity contribution in [3.05, 3.63) is 69.7 Å². The fraction of sp³-hybridized carbons (Fsp3) is 0.381. The molecule has 0 aromatic heterocycles. The fourth-order valence-corrected chi connectivity index (χ4v) is 4.46. The van der Waals surface area contributed by atoms with Gasteiger partial charge in [0.15, 0.2) is 0 Å². The highest BCUT2D eigenvalue weighted by Gasteiger charge is 2.27. The van der Waals surface area contributed by atoms with Crippen LogP contribution in [0.25, 0.3) is 0 Å². The molecular formula is C21H23ClF2N2O4S. The molecule has 1 aliphatic heterocycles. The van der Waals surface area contributed by atoms with Crippen molar-refractivity contribution >= 4 is 28.5 Å². The van der Waals surface area contributed by atoms with E-state index in [1.165, 1.54) is 31.4 Å². The van der Waals surface area contributed by atoms with E-state index in [1.807, 2.05) is 0 Å². The van der Waals surface area contributed by atoms with Gasteiger partial charge >= 0.3 is 5.97 Å². The number of hydrogen-bond acceptors (Lipinski definition) is 5. The van der Waals surface area contributed by atoms with E-state index in [-0.39, 0.29) is 35.3 Å². The first kappa shape index (κ1) is 23.6. The third-order valence-electron chi connectivity index (χ3n) is 5.35. The van der Waals surface area contributed by atoms with Crippen molar-refractivity contribution in [3.63, 3.8) is 0 Å². The topological polar surface area (TPSA) is 66.9 Å². The molecule has 168 valence electrons. The maximum atomic E-state index is 14.5. The van der Waals surface area contributed by atoms with Gasteiger partial charge in [-0.25, -0.2) is 22.0 Å². The summed E-state index contributed by atoms with van der Waals surface area (Å²) in [6.45, 7) is 1.39. The van der Waals surface area contributed by atoms with Gasteiger partial charge in [-0.2, -0.15) is 4.31 Å². The molecule has 0 spiro atoms. The van der Waals surface area contributed by atoms with E-state index in [9.17, 15) is 22.0 Å². The number of hydrogen-bond donors (Lipinski definition) is 1. The molecule has 3 rings (SSSR count). The van der Waals surface area contributed by atoms with Crippen LogP contribution in [0.3, 0.4) is 0 Å². The van der Waals surface area contributed by atoms with Crippen LogP contribution in [-0.4, -0.2) is 50.3 Å². The van der Waals surface area contributed by atoms with Crippen LogP contribution in [0.1, 0.15) is 40.4 Å². The number of carbonyl (C=O) groups is 1. The van der Waals surface area contributed by atoms with E-state index in [1.54, 1.807) is 6.07 Å². The van der Waals surface area contributed by atoms with Crippen molar-refractivity contribution in [2.24, 2.45) is 0 Å². The Balaban J connectivity index is 1.86. The Morgan fingerprint density at radius 2 is 1.87 bits per heavy atom. The minimum atomic E-state index is -3.03. The number of halogens is 3. The minimum Gasteiger partial charge on any atom is -0.465 e. The van der Waals surface area contributed by atoms with E-state index in [4.69, 9.17) is 11.6 Å². The SMILES string of the molecule is COC(=O)c1ccc(CN(CC(c2ccc(F)c(Cl)c2)N2CCCC2)[SH](=O)=O)c(F)c1. The Morgan fingerprint density at radius 3 is 2.45 bits per heavy atom. The highest BCUT2D eigenvalue weighted by molar-refractivity contribution is 7.69. The van der Waals surface area contributed by atoms with Gasteiger partial charge in [0.25, 0.3) is 0 Å². The van der Waals surface area contributed by atoms with Crippen LogP contribution in [0.2, 0.25) is 5.02 Å². The second kappa shape index (κ2) is 10.5. The minimum absolute atomic E-state index is 0.0378. The highest BCUT2D eigenvalue weighted by atomic mass is 35.5. The molecule has 0 N–H and O–H groups in total. The fourth-order valence-electron chi connectivity index (χ4n) is 3.71. The molecule has 1 saturated heterocycles. The van der Waals surface area contributed by atoms with Crippen LogP contribution in [0.4, 0.5) is 8.78 Å². The van der Waals surface area contributed by atoms with Crippen molar-refractivity contribution in [3.8, 4) is 0 Å². The smallest absolute Gasteiger partial charge is 0.337 e. The van der Waals surface area contributed by atoms with Crippen LogP contribution < -0.4 is 0 Å². The Kier molecular flexibility index (Phi) is 7.99. The number of thiol groups is 1. The maximum Gasteiger partial charge on any atom is 0.337 e. The monoisotopic (exact) mass is 472 g/mol. The molecular weight excluding hydrogens is 450 g/mol. The number of nitrogens with zero attached hydrogens (tertiary/aromatic N) is 2. The number of rotatable bonds is 8. The average molecular weight is 473 g/mol. The Hall–Kier alpha value is -2.07. The summed E-state index contributed by atoms with van der Waals surface area (Å²) in [6, 6.07) is 7.77. The molecule has 1 fully saturated rings. The summed E-state index contributed by atoms with van der Waals surface area (Å²) in [4.78, 5) is 13.7. The Labute approximate surface area is 186 Å². The van der Waals surface area contributed by atoms with Gasteiger partial charge in [0, 0.05) is 24.7 Å². The molecule has 2 aromatic rings. The van der Waals surface area contributed by atoms with Gasteiger partial charge < -0.3 is 4.74 Å². The maximum absolute atomic E-state index is 14.5. The lowest BCUT2D eigenvalue weighted by Gasteiger charge is -2.31. The zero-order valence-corrected chi connectivity index (χ0v) is 18.5. The van der Waals surface area contributed by atoms with Gasteiger partial charge in [-0.3, -0.25) is 4.90 Å². The third kappa shape index (κ3) is 5.79. The number of esters is 1. The number of ether oxygens (including phenoxy) is 1. The lowest BCUT2D eigenvalue weighted by Crippen LogP contribution is -2.36. The highest BCUT2D eigenvalue weighted by Crippen LogP contribution is 2.29. The summed E-state index contributed by atoms with van der Waals surface area (Å²) in [6.07, 6.45) is 1.94. The molecule has 0 amide bonds. The molecule has 0 saturated carbocycles. The van der Waals surface area contributed by atoms with Crippen LogP contribution in [0, 0.1) is 11.6 Å². The third-order valence-corrected chi connectivity index (χ3v) is 6.41.